The van der Waals surface area contributed by atoms with Crippen molar-refractivity contribution in [1.29, 1.82) is 0 Å². The first-order chi connectivity index (χ1) is 11.4. The van der Waals surface area contributed by atoms with Crippen LogP contribution in [0.5, 0.6) is 0 Å². The summed E-state index contributed by atoms with van der Waals surface area (Å²) in [5.74, 6) is 0. The maximum atomic E-state index is 4.67. The lowest BCUT2D eigenvalue weighted by atomic mass is 10.1. The second kappa shape index (κ2) is 4.83. The van der Waals surface area contributed by atoms with Gasteiger partial charge in [0.05, 0.1) is 15.9 Å². The van der Waals surface area contributed by atoms with Crippen LogP contribution in [0.3, 0.4) is 0 Å². The van der Waals surface area contributed by atoms with Crippen molar-refractivity contribution in [1.82, 2.24) is 15.0 Å². The molecule has 0 aliphatic heterocycles. The Balaban J connectivity index is 1.93. The van der Waals surface area contributed by atoms with Gasteiger partial charge in [0, 0.05) is 38.8 Å². The van der Waals surface area contributed by atoms with Crippen LogP contribution in [0.2, 0.25) is 0 Å². The van der Waals surface area contributed by atoms with Crippen molar-refractivity contribution < 1.29 is 0 Å². The molecule has 0 amide bonds. The first kappa shape index (κ1) is 12.7. The first-order valence-electron chi connectivity index (χ1n) is 7.37. The summed E-state index contributed by atoms with van der Waals surface area (Å²) in [5, 5.41) is 3.57. The summed E-state index contributed by atoms with van der Waals surface area (Å²) in [6.07, 6.45) is 5.32. The van der Waals surface area contributed by atoms with Crippen LogP contribution in [0, 0.1) is 0 Å². The molecule has 0 N–H and O–H groups in total. The summed E-state index contributed by atoms with van der Waals surface area (Å²) >= 11 is 1.79. The second-order valence-electron chi connectivity index (χ2n) is 5.40. The normalized spacial score (nSPS) is 11.5. The van der Waals surface area contributed by atoms with Crippen molar-refractivity contribution in [3.05, 3.63) is 67.3 Å². The van der Waals surface area contributed by atoms with Crippen LogP contribution in [0.4, 0.5) is 0 Å². The molecule has 5 rings (SSSR count). The average molecular weight is 313 g/mol. The largest absolute Gasteiger partial charge is 0.255 e. The Morgan fingerprint density at radius 2 is 1.78 bits per heavy atom. The fourth-order valence-corrected chi connectivity index (χ4v) is 4.25. The predicted octanol–water partition coefficient (Wildman–Crippen LogP) is 5.06. The molecule has 0 fully saturated rings. The number of nitrogens with zero attached hydrogens (tertiary/aromatic N) is 3. The Morgan fingerprint density at radius 1 is 0.826 bits per heavy atom. The highest BCUT2D eigenvalue weighted by Gasteiger charge is 2.13. The van der Waals surface area contributed by atoms with E-state index in [-0.39, 0.29) is 0 Å². The Labute approximate surface area is 136 Å². The third-order valence-electron chi connectivity index (χ3n) is 4.08. The minimum absolute atomic E-state index is 0.944. The molecule has 108 valence electrons. The molecular formula is C19H11N3S. The van der Waals surface area contributed by atoms with E-state index >= 15 is 0 Å². The topological polar surface area (TPSA) is 38.7 Å². The van der Waals surface area contributed by atoms with Crippen molar-refractivity contribution in [3.8, 4) is 11.3 Å². The molecule has 0 aliphatic rings. The van der Waals surface area contributed by atoms with E-state index in [1.54, 1.807) is 17.7 Å². The van der Waals surface area contributed by atoms with Gasteiger partial charge in [0.15, 0.2) is 0 Å². The second-order valence-corrected chi connectivity index (χ2v) is 6.45. The molecule has 0 saturated heterocycles. The number of thiophene rings is 1. The fourth-order valence-electron chi connectivity index (χ4n) is 3.05. The molecule has 3 nitrogen and oxygen atoms in total. The lowest BCUT2D eigenvalue weighted by Gasteiger charge is -2.05. The van der Waals surface area contributed by atoms with Crippen molar-refractivity contribution in [2.75, 3.05) is 0 Å². The van der Waals surface area contributed by atoms with Gasteiger partial charge in [-0.1, -0.05) is 36.4 Å². The van der Waals surface area contributed by atoms with Crippen molar-refractivity contribution in [2.24, 2.45) is 0 Å². The van der Waals surface area contributed by atoms with Crippen LogP contribution in [-0.2, 0) is 0 Å². The van der Waals surface area contributed by atoms with Gasteiger partial charge in [-0.15, -0.1) is 11.3 Å². The molecule has 5 aromatic rings. The maximum Gasteiger partial charge on any atom is 0.116 e. The zero-order valence-corrected chi connectivity index (χ0v) is 12.9. The lowest BCUT2D eigenvalue weighted by Crippen LogP contribution is -1.88. The quantitative estimate of drug-likeness (QED) is 0.434. The molecule has 0 saturated carbocycles. The standard InChI is InChI=1S/C19H11N3S/c1-2-7-16-13(5-1)14-8-9-21-18(19(14)23-16)15-6-3-4-12-10-20-11-22-17(12)15/h1-11H. The summed E-state index contributed by atoms with van der Waals surface area (Å²) in [5.41, 5.74) is 3.00. The van der Waals surface area contributed by atoms with Gasteiger partial charge in [0.25, 0.3) is 0 Å². The van der Waals surface area contributed by atoms with Crippen LogP contribution in [0.25, 0.3) is 42.3 Å². The van der Waals surface area contributed by atoms with Crippen LogP contribution < -0.4 is 0 Å². The average Bonchev–Trinajstić information content (AvgIpc) is 3.00. The number of rotatable bonds is 1. The van der Waals surface area contributed by atoms with E-state index in [2.05, 4.69) is 51.4 Å². The number of hydrogen-bond acceptors (Lipinski definition) is 4. The highest BCUT2D eigenvalue weighted by molar-refractivity contribution is 7.26. The molecule has 4 heteroatoms. The Hall–Kier alpha value is -2.85. The van der Waals surface area contributed by atoms with E-state index in [1.165, 1.54) is 20.2 Å². The Bertz CT molecular complexity index is 1170. The van der Waals surface area contributed by atoms with Gasteiger partial charge in [-0.25, -0.2) is 9.97 Å². The monoisotopic (exact) mass is 313 g/mol. The first-order valence-corrected chi connectivity index (χ1v) is 8.19. The van der Waals surface area contributed by atoms with Gasteiger partial charge in [-0.3, -0.25) is 4.98 Å². The Morgan fingerprint density at radius 3 is 2.78 bits per heavy atom. The molecule has 0 radical (unpaired) electrons. The Kier molecular flexibility index (Phi) is 2.66. The van der Waals surface area contributed by atoms with Crippen molar-refractivity contribution in [2.45, 2.75) is 0 Å². The highest BCUT2D eigenvalue weighted by atomic mass is 32.1. The van der Waals surface area contributed by atoms with Gasteiger partial charge in [0.1, 0.15) is 6.33 Å². The summed E-state index contributed by atoms with van der Waals surface area (Å²) in [6, 6.07) is 16.7. The molecule has 0 bridgehead atoms. The van der Waals surface area contributed by atoms with Crippen LogP contribution in [0.1, 0.15) is 0 Å². The minimum Gasteiger partial charge on any atom is -0.255 e. The van der Waals surface area contributed by atoms with E-state index in [1.807, 2.05) is 24.5 Å². The van der Waals surface area contributed by atoms with E-state index in [4.69, 9.17) is 0 Å². The predicted molar refractivity (Wildman–Crippen MR) is 95.7 cm³/mol. The molecule has 3 heterocycles. The highest BCUT2D eigenvalue weighted by Crippen LogP contribution is 2.39. The van der Waals surface area contributed by atoms with Crippen LogP contribution >= 0.6 is 11.3 Å². The molecular weight excluding hydrogens is 302 g/mol. The van der Waals surface area contributed by atoms with Gasteiger partial charge >= 0.3 is 0 Å². The zero-order valence-electron chi connectivity index (χ0n) is 12.1. The summed E-state index contributed by atoms with van der Waals surface area (Å²) in [4.78, 5) is 13.3. The molecule has 0 unspecified atom stereocenters. The van der Waals surface area contributed by atoms with Crippen LogP contribution in [0.15, 0.2) is 67.3 Å². The third-order valence-corrected chi connectivity index (χ3v) is 5.28. The molecule has 0 atom stereocenters. The summed E-state index contributed by atoms with van der Waals surface area (Å²) in [7, 11) is 0. The number of aromatic nitrogens is 3. The van der Waals surface area contributed by atoms with E-state index < -0.39 is 0 Å². The molecule has 3 aromatic heterocycles. The molecule has 0 spiro atoms. The molecule has 23 heavy (non-hydrogen) atoms. The van der Waals surface area contributed by atoms with E-state index in [9.17, 15) is 0 Å². The zero-order chi connectivity index (χ0) is 15.2. The smallest absolute Gasteiger partial charge is 0.116 e. The summed E-state index contributed by atoms with van der Waals surface area (Å²) < 4.78 is 2.49. The number of hydrogen-bond donors (Lipinski definition) is 0. The number of pyridine rings is 1. The number of fused-ring (bicyclic) bond motifs is 4. The van der Waals surface area contributed by atoms with Crippen LogP contribution in [-0.4, -0.2) is 15.0 Å². The van der Waals surface area contributed by atoms with Gasteiger partial charge in [0.2, 0.25) is 0 Å². The van der Waals surface area contributed by atoms with Crippen molar-refractivity contribution >= 4 is 42.4 Å². The number of para-hydroxylation sites is 1. The summed E-state index contributed by atoms with van der Waals surface area (Å²) in [6.45, 7) is 0. The lowest BCUT2D eigenvalue weighted by molar-refractivity contribution is 1.22. The van der Waals surface area contributed by atoms with Gasteiger partial charge in [-0.05, 0) is 12.1 Å². The van der Waals surface area contributed by atoms with Crippen molar-refractivity contribution in [3.63, 3.8) is 0 Å². The fraction of sp³-hybridized carbons (Fsp3) is 0. The molecule has 2 aromatic carbocycles. The molecule has 0 aliphatic carbocycles. The number of benzene rings is 2. The van der Waals surface area contributed by atoms with E-state index in [0.29, 0.717) is 0 Å². The maximum absolute atomic E-state index is 4.67. The minimum atomic E-state index is 0.944. The third kappa shape index (κ3) is 1.85. The van der Waals surface area contributed by atoms with Gasteiger partial charge in [-0.2, -0.15) is 0 Å². The van der Waals surface area contributed by atoms with E-state index in [0.717, 1.165) is 22.2 Å². The SMILES string of the molecule is c1cc(-c2nccc3c2sc2ccccc23)c2ncncc2c1. The van der Waals surface area contributed by atoms with Gasteiger partial charge < -0.3 is 0 Å².